The van der Waals surface area contributed by atoms with E-state index in [-0.39, 0.29) is 5.56 Å². The van der Waals surface area contributed by atoms with Crippen molar-refractivity contribution in [1.82, 2.24) is 14.5 Å². The fourth-order valence-corrected chi connectivity index (χ4v) is 4.24. The second kappa shape index (κ2) is 7.29. The molecule has 2 heterocycles. The van der Waals surface area contributed by atoms with Gasteiger partial charge in [-0.05, 0) is 24.5 Å². The molecule has 138 valence electrons. The van der Waals surface area contributed by atoms with Crippen LogP contribution in [0.5, 0.6) is 0 Å². The molecule has 1 aromatic heterocycles. The first-order valence-corrected chi connectivity index (χ1v) is 9.58. The van der Waals surface area contributed by atoms with Gasteiger partial charge in [0.05, 0.1) is 18.8 Å². The minimum Gasteiger partial charge on any atom is -0.358 e. The van der Waals surface area contributed by atoms with Crippen LogP contribution in [-0.4, -0.2) is 27.2 Å². The summed E-state index contributed by atoms with van der Waals surface area (Å²) in [5, 5.41) is 3.94. The average Bonchev–Trinajstić information content (AvgIpc) is 2.67. The van der Waals surface area contributed by atoms with Gasteiger partial charge in [-0.2, -0.15) is 0 Å². The van der Waals surface area contributed by atoms with Gasteiger partial charge in [-0.3, -0.25) is 19.2 Å². The molecule has 6 nitrogen and oxygen atoms in total. The molecular weight excluding hydrogens is 352 g/mol. The summed E-state index contributed by atoms with van der Waals surface area (Å²) >= 11 is 6.25. The Hall–Kier alpha value is -2.05. The molecule has 0 bridgehead atoms. The summed E-state index contributed by atoms with van der Waals surface area (Å²) in [7, 11) is 0. The van der Waals surface area contributed by atoms with Gasteiger partial charge in [-0.25, -0.2) is 4.79 Å². The number of H-pyrrole nitrogens is 1. The number of hydrogen-bond donors (Lipinski definition) is 2. The van der Waals surface area contributed by atoms with Gasteiger partial charge in [0.2, 0.25) is 0 Å². The average molecular weight is 375 g/mol. The van der Waals surface area contributed by atoms with Crippen molar-refractivity contribution in [2.24, 2.45) is 0 Å². The Balaban J connectivity index is 1.67. The van der Waals surface area contributed by atoms with Crippen LogP contribution in [-0.2, 0) is 13.1 Å². The predicted octanol–water partition coefficient (Wildman–Crippen LogP) is 2.76. The van der Waals surface area contributed by atoms with Gasteiger partial charge in [0.1, 0.15) is 5.82 Å². The fraction of sp³-hybridized carbons (Fsp3) is 0.474. The summed E-state index contributed by atoms with van der Waals surface area (Å²) in [4.78, 5) is 29.6. The van der Waals surface area contributed by atoms with E-state index >= 15 is 0 Å². The molecule has 0 amide bonds. The standard InChI is InChI=1S/C19H23ClN4O2/c20-16-9-5-4-6-13(16)10-24-17-15(18(25)22-19(24)26)11-23(12-21-17)14-7-2-1-3-8-14/h4-6,9,14,21H,1-3,7-8,10-12H2,(H,22,25,26). The number of rotatable bonds is 3. The first-order valence-electron chi connectivity index (χ1n) is 9.21. The summed E-state index contributed by atoms with van der Waals surface area (Å²) in [5.74, 6) is 0.616. The lowest BCUT2D eigenvalue weighted by molar-refractivity contribution is 0.152. The van der Waals surface area contributed by atoms with Gasteiger partial charge in [-0.1, -0.05) is 49.1 Å². The van der Waals surface area contributed by atoms with Crippen molar-refractivity contribution in [2.75, 3.05) is 12.0 Å². The number of benzene rings is 1. The minimum atomic E-state index is -0.410. The van der Waals surface area contributed by atoms with Crippen LogP contribution in [0.3, 0.4) is 0 Å². The molecule has 1 aromatic carbocycles. The number of halogens is 1. The first kappa shape index (κ1) is 17.4. The van der Waals surface area contributed by atoms with Crippen LogP contribution in [0.15, 0.2) is 33.9 Å². The van der Waals surface area contributed by atoms with E-state index in [9.17, 15) is 9.59 Å². The van der Waals surface area contributed by atoms with E-state index in [0.29, 0.717) is 42.2 Å². The molecule has 7 heteroatoms. The summed E-state index contributed by atoms with van der Waals surface area (Å²) in [6.45, 7) is 1.56. The maximum absolute atomic E-state index is 12.4. The molecule has 1 aliphatic carbocycles. The summed E-state index contributed by atoms with van der Waals surface area (Å²) in [5.41, 5.74) is 0.774. The van der Waals surface area contributed by atoms with Crippen LogP contribution < -0.4 is 16.6 Å². The van der Waals surface area contributed by atoms with Crippen LogP contribution in [0.2, 0.25) is 5.02 Å². The fourth-order valence-electron chi connectivity index (χ4n) is 4.05. The Morgan fingerprint density at radius 3 is 2.65 bits per heavy atom. The zero-order valence-electron chi connectivity index (χ0n) is 14.6. The highest BCUT2D eigenvalue weighted by Gasteiger charge is 2.28. The van der Waals surface area contributed by atoms with Crippen molar-refractivity contribution < 1.29 is 0 Å². The topological polar surface area (TPSA) is 70.1 Å². The van der Waals surface area contributed by atoms with Crippen molar-refractivity contribution in [1.29, 1.82) is 0 Å². The summed E-state index contributed by atoms with van der Waals surface area (Å²) in [6, 6.07) is 7.95. The van der Waals surface area contributed by atoms with E-state index in [2.05, 4.69) is 15.2 Å². The van der Waals surface area contributed by atoms with Gasteiger partial charge >= 0.3 is 5.69 Å². The predicted molar refractivity (Wildman–Crippen MR) is 103 cm³/mol. The van der Waals surface area contributed by atoms with E-state index < -0.39 is 5.69 Å². The zero-order valence-corrected chi connectivity index (χ0v) is 15.4. The molecule has 2 aromatic rings. The monoisotopic (exact) mass is 374 g/mol. The van der Waals surface area contributed by atoms with Crippen LogP contribution >= 0.6 is 11.6 Å². The van der Waals surface area contributed by atoms with Crippen LogP contribution in [0.25, 0.3) is 0 Å². The van der Waals surface area contributed by atoms with Crippen molar-refractivity contribution in [3.05, 3.63) is 61.3 Å². The smallest absolute Gasteiger partial charge is 0.330 e. The maximum Gasteiger partial charge on any atom is 0.330 e. The lowest BCUT2D eigenvalue weighted by Crippen LogP contribution is -2.47. The number of aromatic nitrogens is 2. The number of anilines is 1. The molecular formula is C19H23ClN4O2. The third kappa shape index (κ3) is 3.31. The molecule has 0 unspecified atom stereocenters. The van der Waals surface area contributed by atoms with Crippen LogP contribution in [0, 0.1) is 0 Å². The van der Waals surface area contributed by atoms with E-state index in [0.717, 1.165) is 5.56 Å². The largest absolute Gasteiger partial charge is 0.358 e. The van der Waals surface area contributed by atoms with E-state index in [4.69, 9.17) is 11.6 Å². The zero-order chi connectivity index (χ0) is 18.1. The highest BCUT2D eigenvalue weighted by atomic mass is 35.5. The van der Waals surface area contributed by atoms with Crippen molar-refractivity contribution in [2.45, 2.75) is 51.2 Å². The van der Waals surface area contributed by atoms with Gasteiger partial charge in [0.25, 0.3) is 5.56 Å². The van der Waals surface area contributed by atoms with Crippen molar-refractivity contribution in [3.8, 4) is 0 Å². The van der Waals surface area contributed by atoms with Gasteiger partial charge < -0.3 is 5.32 Å². The molecule has 0 radical (unpaired) electrons. The van der Waals surface area contributed by atoms with Crippen LogP contribution in [0.4, 0.5) is 5.82 Å². The Labute approximate surface area is 156 Å². The minimum absolute atomic E-state index is 0.298. The van der Waals surface area contributed by atoms with E-state index in [1.54, 1.807) is 10.6 Å². The molecule has 4 rings (SSSR count). The van der Waals surface area contributed by atoms with E-state index in [1.807, 2.05) is 18.2 Å². The Bertz CT molecular complexity index is 914. The Morgan fingerprint density at radius 2 is 1.88 bits per heavy atom. The maximum atomic E-state index is 12.4. The number of hydrogen-bond acceptors (Lipinski definition) is 4. The lowest BCUT2D eigenvalue weighted by atomic mass is 9.94. The second-order valence-corrected chi connectivity index (χ2v) is 7.54. The molecule has 1 saturated carbocycles. The van der Waals surface area contributed by atoms with Crippen LogP contribution in [0.1, 0.15) is 43.2 Å². The van der Waals surface area contributed by atoms with Gasteiger partial charge in [0.15, 0.2) is 0 Å². The SMILES string of the molecule is O=c1[nH]c(=O)n(Cc2ccccc2Cl)c2c1CN(C1CCCCC1)CN2. The molecule has 26 heavy (non-hydrogen) atoms. The number of aromatic amines is 1. The molecule has 2 aliphatic rings. The highest BCUT2D eigenvalue weighted by molar-refractivity contribution is 6.31. The number of fused-ring (bicyclic) bond motifs is 1. The molecule has 0 spiro atoms. The lowest BCUT2D eigenvalue weighted by Gasteiger charge is -2.38. The first-order chi connectivity index (χ1) is 12.6. The molecule has 0 atom stereocenters. The molecule has 1 aliphatic heterocycles. The third-order valence-corrected chi connectivity index (χ3v) is 5.85. The number of nitrogens with zero attached hydrogens (tertiary/aromatic N) is 2. The Kier molecular flexibility index (Phi) is 4.87. The molecule has 1 fully saturated rings. The number of nitrogens with one attached hydrogen (secondary N) is 2. The summed E-state index contributed by atoms with van der Waals surface area (Å²) in [6.07, 6.45) is 6.14. The highest BCUT2D eigenvalue weighted by Crippen LogP contribution is 2.27. The van der Waals surface area contributed by atoms with E-state index in [1.165, 1.54) is 32.1 Å². The van der Waals surface area contributed by atoms with Gasteiger partial charge in [0, 0.05) is 17.6 Å². The van der Waals surface area contributed by atoms with Gasteiger partial charge in [-0.15, -0.1) is 0 Å². The quantitative estimate of drug-likeness (QED) is 0.866. The third-order valence-electron chi connectivity index (χ3n) is 5.48. The van der Waals surface area contributed by atoms with Crippen molar-refractivity contribution >= 4 is 17.4 Å². The Morgan fingerprint density at radius 1 is 1.12 bits per heavy atom. The molecule has 2 N–H and O–H groups in total. The second-order valence-electron chi connectivity index (χ2n) is 7.14. The van der Waals surface area contributed by atoms with Crippen molar-refractivity contribution in [3.63, 3.8) is 0 Å². The molecule has 0 saturated heterocycles. The summed E-state index contributed by atoms with van der Waals surface area (Å²) < 4.78 is 1.58. The normalized spacial score (nSPS) is 18.3.